The van der Waals surface area contributed by atoms with Crippen molar-refractivity contribution < 1.29 is 5.11 Å². The number of hydrogen-bond donors (Lipinski definition) is 2. The van der Waals surface area contributed by atoms with Crippen LogP contribution in [-0.4, -0.2) is 16.9 Å². The van der Waals surface area contributed by atoms with Gasteiger partial charge in [0.15, 0.2) is 0 Å². The van der Waals surface area contributed by atoms with Crippen molar-refractivity contribution in [3.8, 4) is 0 Å². The minimum absolute atomic E-state index is 0.223. The molecule has 0 amide bonds. The summed E-state index contributed by atoms with van der Waals surface area (Å²) < 4.78 is 0. The first-order valence-corrected chi connectivity index (χ1v) is 5.80. The summed E-state index contributed by atoms with van der Waals surface area (Å²) in [6, 6.07) is 7.70. The fourth-order valence-corrected chi connectivity index (χ4v) is 1.89. The van der Waals surface area contributed by atoms with E-state index in [1.54, 1.807) is 18.7 Å². The Morgan fingerprint density at radius 1 is 1.36 bits per heavy atom. The van der Waals surface area contributed by atoms with Gasteiger partial charge in [0.05, 0.1) is 6.10 Å². The van der Waals surface area contributed by atoms with Gasteiger partial charge in [-0.2, -0.15) is 0 Å². The molecular weight excluding hydrogens is 194 g/mol. The molecule has 0 aliphatic carbocycles. The molecule has 3 N–H and O–H groups in total. The van der Waals surface area contributed by atoms with Crippen LogP contribution in [0.3, 0.4) is 0 Å². The lowest BCUT2D eigenvalue weighted by Crippen LogP contribution is -2.24. The molecule has 0 heterocycles. The summed E-state index contributed by atoms with van der Waals surface area (Å²) in [5.41, 5.74) is 6.50. The van der Waals surface area contributed by atoms with Gasteiger partial charge in [-0.15, -0.1) is 11.8 Å². The van der Waals surface area contributed by atoms with E-state index in [9.17, 15) is 5.11 Å². The fraction of sp³-hybridized carbons (Fsp3) is 0.455. The highest BCUT2D eigenvalue weighted by molar-refractivity contribution is 7.99. The van der Waals surface area contributed by atoms with Crippen molar-refractivity contribution in [1.82, 2.24) is 0 Å². The summed E-state index contributed by atoms with van der Waals surface area (Å²) >= 11 is 1.79. The van der Waals surface area contributed by atoms with E-state index in [1.807, 2.05) is 24.3 Å². The van der Waals surface area contributed by atoms with Crippen LogP contribution in [0.2, 0.25) is 0 Å². The molecule has 0 bridgehead atoms. The minimum Gasteiger partial charge on any atom is -0.387 e. The molecule has 14 heavy (non-hydrogen) atoms. The van der Waals surface area contributed by atoms with Gasteiger partial charge in [0.2, 0.25) is 0 Å². The first-order chi connectivity index (χ1) is 6.65. The Kier molecular flexibility index (Phi) is 4.45. The second-order valence-corrected chi connectivity index (χ2v) is 4.64. The summed E-state index contributed by atoms with van der Waals surface area (Å²) in [6.07, 6.45) is -0.560. The van der Waals surface area contributed by atoms with Crippen molar-refractivity contribution in [3.05, 3.63) is 29.8 Å². The van der Waals surface area contributed by atoms with Crippen LogP contribution in [0.25, 0.3) is 0 Å². The Bertz CT molecular complexity index is 271. The van der Waals surface area contributed by atoms with Crippen LogP contribution in [0.4, 0.5) is 0 Å². The van der Waals surface area contributed by atoms with Crippen molar-refractivity contribution >= 4 is 11.8 Å². The van der Waals surface area contributed by atoms with Gasteiger partial charge in [0.25, 0.3) is 0 Å². The van der Waals surface area contributed by atoms with Crippen molar-refractivity contribution in [3.63, 3.8) is 0 Å². The Morgan fingerprint density at radius 2 is 1.93 bits per heavy atom. The topological polar surface area (TPSA) is 46.2 Å². The summed E-state index contributed by atoms with van der Waals surface area (Å²) in [7, 11) is 0. The lowest BCUT2D eigenvalue weighted by Gasteiger charge is -2.14. The molecule has 1 aromatic rings. The zero-order valence-corrected chi connectivity index (χ0v) is 9.42. The molecule has 0 aliphatic heterocycles. The highest BCUT2D eigenvalue weighted by Crippen LogP contribution is 2.21. The van der Waals surface area contributed by atoms with Crippen LogP contribution in [0, 0.1) is 0 Å². The molecule has 1 rings (SSSR count). The molecular formula is C11H17NOS. The number of aliphatic hydroxyl groups is 1. The van der Waals surface area contributed by atoms with Gasteiger partial charge in [0.1, 0.15) is 0 Å². The molecule has 0 fully saturated rings. The summed E-state index contributed by atoms with van der Waals surface area (Å²) in [5.74, 6) is 1.06. The number of benzene rings is 1. The second kappa shape index (κ2) is 5.39. The third-order valence-corrected chi connectivity index (χ3v) is 2.92. The standard InChI is InChI=1S/C11H17NOS/c1-3-14-10-6-4-9(5-7-10)11(13)8(2)12/h4-8,11,13H,3,12H2,1-2H3. The van der Waals surface area contributed by atoms with Gasteiger partial charge < -0.3 is 10.8 Å². The Labute approximate surface area is 89.5 Å². The molecule has 0 saturated heterocycles. The van der Waals surface area contributed by atoms with Crippen LogP contribution < -0.4 is 5.73 Å². The smallest absolute Gasteiger partial charge is 0.0938 e. The van der Waals surface area contributed by atoms with Crippen molar-refractivity contribution in [2.45, 2.75) is 30.9 Å². The van der Waals surface area contributed by atoms with Crippen LogP contribution in [0.15, 0.2) is 29.2 Å². The normalized spacial score (nSPS) is 15.1. The predicted octanol–water partition coefficient (Wildman–Crippen LogP) is 2.18. The zero-order chi connectivity index (χ0) is 10.6. The molecule has 2 nitrogen and oxygen atoms in total. The van der Waals surface area contributed by atoms with Gasteiger partial charge in [-0.3, -0.25) is 0 Å². The van der Waals surface area contributed by atoms with Crippen LogP contribution in [-0.2, 0) is 0 Å². The summed E-state index contributed by atoms with van der Waals surface area (Å²) in [6.45, 7) is 3.93. The van der Waals surface area contributed by atoms with E-state index in [-0.39, 0.29) is 6.04 Å². The van der Waals surface area contributed by atoms with Gasteiger partial charge in [-0.1, -0.05) is 19.1 Å². The van der Waals surface area contributed by atoms with Crippen LogP contribution >= 0.6 is 11.8 Å². The first kappa shape index (κ1) is 11.6. The van der Waals surface area contributed by atoms with E-state index >= 15 is 0 Å². The van der Waals surface area contributed by atoms with Crippen LogP contribution in [0.1, 0.15) is 25.5 Å². The van der Waals surface area contributed by atoms with Gasteiger partial charge in [0, 0.05) is 10.9 Å². The molecule has 78 valence electrons. The summed E-state index contributed by atoms with van der Waals surface area (Å²) in [4.78, 5) is 1.23. The molecule has 3 heteroatoms. The van der Waals surface area contributed by atoms with Crippen LogP contribution in [0.5, 0.6) is 0 Å². The van der Waals surface area contributed by atoms with Gasteiger partial charge >= 0.3 is 0 Å². The number of thioether (sulfide) groups is 1. The molecule has 2 unspecified atom stereocenters. The molecule has 0 radical (unpaired) electrons. The third kappa shape index (κ3) is 3.01. The molecule has 1 aromatic carbocycles. The monoisotopic (exact) mass is 211 g/mol. The van der Waals surface area contributed by atoms with E-state index in [1.165, 1.54) is 4.90 Å². The molecule has 0 spiro atoms. The average Bonchev–Trinajstić information content (AvgIpc) is 2.18. The van der Waals surface area contributed by atoms with Crippen molar-refractivity contribution in [2.75, 3.05) is 5.75 Å². The molecule has 0 saturated carbocycles. The van der Waals surface area contributed by atoms with E-state index in [2.05, 4.69) is 6.92 Å². The Hall–Kier alpha value is -0.510. The molecule has 0 aromatic heterocycles. The third-order valence-electron chi connectivity index (χ3n) is 2.03. The highest BCUT2D eigenvalue weighted by atomic mass is 32.2. The SMILES string of the molecule is CCSc1ccc(C(O)C(C)N)cc1. The first-order valence-electron chi connectivity index (χ1n) is 4.81. The highest BCUT2D eigenvalue weighted by Gasteiger charge is 2.11. The lowest BCUT2D eigenvalue weighted by molar-refractivity contribution is 0.153. The van der Waals surface area contributed by atoms with E-state index in [0.29, 0.717) is 0 Å². The second-order valence-electron chi connectivity index (χ2n) is 3.31. The quantitative estimate of drug-likeness (QED) is 0.750. The Balaban J connectivity index is 2.72. The van der Waals surface area contributed by atoms with E-state index in [4.69, 9.17) is 5.73 Å². The largest absolute Gasteiger partial charge is 0.387 e. The van der Waals surface area contributed by atoms with E-state index < -0.39 is 6.10 Å². The van der Waals surface area contributed by atoms with Gasteiger partial charge in [-0.25, -0.2) is 0 Å². The zero-order valence-electron chi connectivity index (χ0n) is 8.60. The maximum Gasteiger partial charge on any atom is 0.0938 e. The van der Waals surface area contributed by atoms with E-state index in [0.717, 1.165) is 11.3 Å². The average molecular weight is 211 g/mol. The predicted molar refractivity (Wildman–Crippen MR) is 61.4 cm³/mol. The fourth-order valence-electron chi connectivity index (χ4n) is 1.23. The van der Waals surface area contributed by atoms with Crippen molar-refractivity contribution in [2.24, 2.45) is 5.73 Å². The number of aliphatic hydroxyl groups excluding tert-OH is 1. The Morgan fingerprint density at radius 3 is 2.36 bits per heavy atom. The number of nitrogens with two attached hydrogens (primary N) is 1. The maximum atomic E-state index is 9.69. The maximum absolute atomic E-state index is 9.69. The summed E-state index contributed by atoms with van der Waals surface area (Å²) in [5, 5.41) is 9.69. The minimum atomic E-state index is -0.560. The number of hydrogen-bond acceptors (Lipinski definition) is 3. The van der Waals surface area contributed by atoms with Gasteiger partial charge in [-0.05, 0) is 30.4 Å². The molecule has 0 aliphatic rings. The molecule has 2 atom stereocenters. The van der Waals surface area contributed by atoms with Crippen molar-refractivity contribution in [1.29, 1.82) is 0 Å². The number of rotatable bonds is 4. The lowest BCUT2D eigenvalue weighted by atomic mass is 10.0.